The van der Waals surface area contributed by atoms with Crippen molar-refractivity contribution in [2.24, 2.45) is 0 Å². The summed E-state index contributed by atoms with van der Waals surface area (Å²) in [5.41, 5.74) is 1.58. The lowest BCUT2D eigenvalue weighted by Crippen LogP contribution is -2.50. The number of methoxy groups -OCH3 is 1. The van der Waals surface area contributed by atoms with Crippen molar-refractivity contribution in [3.05, 3.63) is 54.1 Å². The van der Waals surface area contributed by atoms with E-state index in [1.807, 2.05) is 24.3 Å². The summed E-state index contributed by atoms with van der Waals surface area (Å²) in [6, 6.07) is 14.6. The zero-order valence-electron chi connectivity index (χ0n) is 15.9. The van der Waals surface area contributed by atoms with Crippen molar-refractivity contribution in [2.45, 2.75) is 18.9 Å². The maximum absolute atomic E-state index is 12.5. The van der Waals surface area contributed by atoms with E-state index >= 15 is 0 Å². The van der Waals surface area contributed by atoms with Gasteiger partial charge in [-0.3, -0.25) is 9.10 Å². The Labute approximate surface area is 165 Å². The molecule has 7 nitrogen and oxygen atoms in total. The summed E-state index contributed by atoms with van der Waals surface area (Å²) >= 11 is 0. The van der Waals surface area contributed by atoms with E-state index in [4.69, 9.17) is 9.47 Å². The Bertz CT molecular complexity index is 945. The van der Waals surface area contributed by atoms with Gasteiger partial charge in [-0.25, -0.2) is 8.42 Å². The van der Waals surface area contributed by atoms with E-state index in [-0.39, 0.29) is 12.5 Å². The van der Waals surface area contributed by atoms with Gasteiger partial charge in [0.05, 0.1) is 25.6 Å². The Kier molecular flexibility index (Phi) is 6.08. The summed E-state index contributed by atoms with van der Waals surface area (Å²) in [4.78, 5) is 12.5. The second-order valence-electron chi connectivity index (χ2n) is 6.61. The molecule has 1 atom stereocenters. The van der Waals surface area contributed by atoms with Crippen LogP contribution in [0.5, 0.6) is 11.5 Å². The van der Waals surface area contributed by atoms with Gasteiger partial charge < -0.3 is 14.8 Å². The highest BCUT2D eigenvalue weighted by molar-refractivity contribution is 7.92. The van der Waals surface area contributed by atoms with Gasteiger partial charge in [0.2, 0.25) is 10.0 Å². The van der Waals surface area contributed by atoms with Gasteiger partial charge in [0.25, 0.3) is 5.91 Å². The lowest BCUT2D eigenvalue weighted by molar-refractivity contribution is -0.127. The van der Waals surface area contributed by atoms with E-state index in [9.17, 15) is 13.2 Å². The number of rotatable bonds is 7. The molecule has 28 heavy (non-hydrogen) atoms. The van der Waals surface area contributed by atoms with E-state index in [2.05, 4.69) is 5.32 Å². The Morgan fingerprint density at radius 3 is 2.79 bits per heavy atom. The molecule has 0 bridgehead atoms. The molecule has 3 rings (SSSR count). The minimum Gasteiger partial charge on any atom is -0.497 e. The van der Waals surface area contributed by atoms with Crippen LogP contribution < -0.4 is 19.1 Å². The number of hydrogen-bond donors (Lipinski definition) is 1. The number of para-hydroxylation sites is 2. The van der Waals surface area contributed by atoms with E-state index in [1.54, 1.807) is 31.4 Å². The zero-order valence-corrected chi connectivity index (χ0v) is 16.7. The molecule has 0 saturated carbocycles. The van der Waals surface area contributed by atoms with E-state index < -0.39 is 16.1 Å². The minimum atomic E-state index is -3.51. The molecule has 150 valence electrons. The number of carbonyl (C=O) groups is 1. The van der Waals surface area contributed by atoms with Crippen LogP contribution in [0.1, 0.15) is 12.0 Å². The number of ether oxygens (including phenoxy) is 2. The molecular weight excluding hydrogens is 380 g/mol. The van der Waals surface area contributed by atoms with Crippen molar-refractivity contribution < 1.29 is 22.7 Å². The first kappa shape index (κ1) is 20.0. The number of aryl methyl sites for hydroxylation is 1. The quantitative estimate of drug-likeness (QED) is 0.713. The second kappa shape index (κ2) is 8.52. The first-order valence-corrected chi connectivity index (χ1v) is 10.9. The normalized spacial score (nSPS) is 16.1. The number of nitrogens with one attached hydrogen (secondary N) is 1. The number of amides is 1. The largest absolute Gasteiger partial charge is 0.497 e. The number of fused-ring (bicyclic) bond motifs is 1. The van der Waals surface area contributed by atoms with Gasteiger partial charge in [0.1, 0.15) is 11.5 Å². The predicted molar refractivity (Wildman–Crippen MR) is 107 cm³/mol. The predicted octanol–water partition coefficient (Wildman–Crippen LogP) is 1.97. The Morgan fingerprint density at radius 1 is 1.25 bits per heavy atom. The van der Waals surface area contributed by atoms with Crippen molar-refractivity contribution in [1.29, 1.82) is 0 Å². The molecule has 1 unspecified atom stereocenters. The summed E-state index contributed by atoms with van der Waals surface area (Å²) in [6.07, 6.45) is 1.78. The molecule has 0 radical (unpaired) electrons. The van der Waals surface area contributed by atoms with Gasteiger partial charge in [-0.15, -0.1) is 0 Å². The van der Waals surface area contributed by atoms with Crippen LogP contribution in [-0.2, 0) is 21.2 Å². The monoisotopic (exact) mass is 404 g/mol. The molecule has 2 aromatic carbocycles. The molecule has 1 amide bonds. The smallest absolute Gasteiger partial charge is 0.263 e. The number of sulfonamides is 1. The Hall–Kier alpha value is -2.74. The van der Waals surface area contributed by atoms with E-state index in [0.717, 1.165) is 30.4 Å². The van der Waals surface area contributed by atoms with Crippen molar-refractivity contribution in [3.63, 3.8) is 0 Å². The van der Waals surface area contributed by atoms with Crippen LogP contribution in [0.3, 0.4) is 0 Å². The lowest BCUT2D eigenvalue weighted by Gasteiger charge is -2.33. The van der Waals surface area contributed by atoms with Crippen molar-refractivity contribution in [2.75, 3.05) is 30.8 Å². The van der Waals surface area contributed by atoms with Crippen LogP contribution in [0.4, 0.5) is 5.69 Å². The van der Waals surface area contributed by atoms with Gasteiger partial charge in [0.15, 0.2) is 6.10 Å². The maximum atomic E-state index is 12.5. The third-order valence-corrected chi connectivity index (χ3v) is 5.65. The summed E-state index contributed by atoms with van der Waals surface area (Å²) in [7, 11) is -1.89. The number of benzene rings is 2. The molecule has 1 aliphatic heterocycles. The first-order chi connectivity index (χ1) is 13.4. The van der Waals surface area contributed by atoms with Crippen molar-refractivity contribution >= 4 is 21.6 Å². The fourth-order valence-corrected chi connectivity index (χ4v) is 4.01. The van der Waals surface area contributed by atoms with Crippen molar-refractivity contribution in [1.82, 2.24) is 5.32 Å². The van der Waals surface area contributed by atoms with Gasteiger partial charge in [-0.2, -0.15) is 0 Å². The zero-order chi connectivity index (χ0) is 20.1. The highest BCUT2D eigenvalue weighted by Gasteiger charge is 2.34. The minimum absolute atomic E-state index is 0.0441. The lowest BCUT2D eigenvalue weighted by atomic mass is 10.1. The van der Waals surface area contributed by atoms with E-state index in [0.29, 0.717) is 18.0 Å². The molecule has 0 aliphatic carbocycles. The van der Waals surface area contributed by atoms with E-state index in [1.165, 1.54) is 4.31 Å². The third-order valence-electron chi connectivity index (χ3n) is 4.50. The first-order valence-electron chi connectivity index (χ1n) is 9.02. The Morgan fingerprint density at radius 2 is 2.04 bits per heavy atom. The second-order valence-corrected chi connectivity index (χ2v) is 8.52. The summed E-state index contributed by atoms with van der Waals surface area (Å²) in [5.74, 6) is 0.862. The highest BCUT2D eigenvalue weighted by Crippen LogP contribution is 2.34. The third kappa shape index (κ3) is 4.75. The number of carbonyl (C=O) groups excluding carboxylic acids is 1. The van der Waals surface area contributed by atoms with Crippen LogP contribution in [-0.4, -0.2) is 46.9 Å². The van der Waals surface area contributed by atoms with Crippen LogP contribution >= 0.6 is 0 Å². The topological polar surface area (TPSA) is 84.9 Å². The highest BCUT2D eigenvalue weighted by atomic mass is 32.2. The molecule has 1 heterocycles. The number of hydrogen-bond acceptors (Lipinski definition) is 5. The Balaban J connectivity index is 1.57. The van der Waals surface area contributed by atoms with Crippen LogP contribution in [0.2, 0.25) is 0 Å². The molecule has 1 aliphatic rings. The fraction of sp³-hybridized carbons (Fsp3) is 0.350. The number of nitrogens with zero attached hydrogens (tertiary/aromatic N) is 1. The molecule has 2 aromatic rings. The maximum Gasteiger partial charge on any atom is 0.263 e. The molecule has 0 fully saturated rings. The van der Waals surface area contributed by atoms with Gasteiger partial charge in [-0.05, 0) is 42.7 Å². The fourth-order valence-electron chi connectivity index (χ4n) is 3.10. The molecular formula is C20H24N2O5S. The molecule has 0 saturated heterocycles. The van der Waals surface area contributed by atoms with Gasteiger partial charge in [-0.1, -0.05) is 24.3 Å². The molecule has 8 heteroatoms. The number of anilines is 1. The van der Waals surface area contributed by atoms with Crippen LogP contribution in [0.25, 0.3) is 0 Å². The average Bonchev–Trinajstić information content (AvgIpc) is 2.69. The standard InChI is InChI=1S/C20H24N2O5S/c1-26-16-9-5-7-15(13-16)8-6-12-21-20(23)19-14-22(28(2,24)25)17-10-3-4-11-18(17)27-19/h3-5,7,9-11,13,19H,6,8,12,14H2,1-2H3,(H,21,23). The van der Waals surface area contributed by atoms with Gasteiger partial charge in [0, 0.05) is 6.54 Å². The molecule has 1 N–H and O–H groups in total. The van der Waals surface area contributed by atoms with Crippen LogP contribution in [0.15, 0.2) is 48.5 Å². The van der Waals surface area contributed by atoms with Gasteiger partial charge >= 0.3 is 0 Å². The summed E-state index contributed by atoms with van der Waals surface area (Å²) in [6.45, 7) is 0.425. The average molecular weight is 404 g/mol. The van der Waals surface area contributed by atoms with Crippen molar-refractivity contribution in [3.8, 4) is 11.5 Å². The summed E-state index contributed by atoms with van der Waals surface area (Å²) < 4.78 is 36.4. The molecule has 0 aromatic heterocycles. The SMILES string of the molecule is COc1cccc(CCCNC(=O)C2CN(S(C)(=O)=O)c3ccccc3O2)c1. The van der Waals surface area contributed by atoms with Crippen LogP contribution in [0, 0.1) is 0 Å². The summed E-state index contributed by atoms with van der Waals surface area (Å²) in [5, 5.41) is 2.84. The molecule has 0 spiro atoms.